The van der Waals surface area contributed by atoms with Gasteiger partial charge in [-0.15, -0.1) is 0 Å². The first-order valence-corrected chi connectivity index (χ1v) is 9.88. The molecule has 0 saturated heterocycles. The molecule has 6 nitrogen and oxygen atoms in total. The number of ether oxygens (including phenoxy) is 1. The largest absolute Gasteiger partial charge is 0.456 e. The first-order chi connectivity index (χ1) is 14.1. The summed E-state index contributed by atoms with van der Waals surface area (Å²) < 4.78 is 5.28. The Hall–Kier alpha value is -3.28. The van der Waals surface area contributed by atoms with Crippen LogP contribution in [0.2, 0.25) is 0 Å². The summed E-state index contributed by atoms with van der Waals surface area (Å²) >= 11 is 0. The zero-order valence-electron chi connectivity index (χ0n) is 17.8. The maximum absolute atomic E-state index is 12.8. The number of carbonyl (C=O) groups is 4. The number of nitrogens with zero attached hydrogens (tertiary/aromatic N) is 1. The number of esters is 1. The monoisotopic (exact) mass is 407 g/mol. The summed E-state index contributed by atoms with van der Waals surface area (Å²) in [5.74, 6) is -2.52. The average molecular weight is 407 g/mol. The molecule has 1 aliphatic rings. The van der Waals surface area contributed by atoms with Gasteiger partial charge in [0.05, 0.1) is 11.1 Å². The van der Waals surface area contributed by atoms with Crippen molar-refractivity contribution in [3.63, 3.8) is 0 Å². The second kappa shape index (κ2) is 8.22. The first kappa shape index (κ1) is 21.4. The number of hydrogen-bond acceptors (Lipinski definition) is 5. The third-order valence-electron chi connectivity index (χ3n) is 5.46. The summed E-state index contributed by atoms with van der Waals surface area (Å²) in [5, 5.41) is 0. The van der Waals surface area contributed by atoms with Crippen LogP contribution in [0.3, 0.4) is 0 Å². The van der Waals surface area contributed by atoms with Gasteiger partial charge in [-0.2, -0.15) is 0 Å². The Morgan fingerprint density at radius 3 is 1.97 bits per heavy atom. The van der Waals surface area contributed by atoms with Gasteiger partial charge in [0, 0.05) is 5.56 Å². The highest BCUT2D eigenvalue weighted by Gasteiger charge is 2.44. The summed E-state index contributed by atoms with van der Waals surface area (Å²) in [6.07, 6.45) is 0. The van der Waals surface area contributed by atoms with E-state index in [0.717, 1.165) is 21.6 Å². The van der Waals surface area contributed by atoms with Gasteiger partial charge in [0.25, 0.3) is 11.8 Å². The van der Waals surface area contributed by atoms with Gasteiger partial charge < -0.3 is 4.74 Å². The van der Waals surface area contributed by atoms with Crippen LogP contribution in [0.4, 0.5) is 0 Å². The summed E-state index contributed by atoms with van der Waals surface area (Å²) in [5.41, 5.74) is 3.88. The Kier molecular flexibility index (Phi) is 5.87. The van der Waals surface area contributed by atoms with Crippen molar-refractivity contribution < 1.29 is 23.9 Å². The second-order valence-electron chi connectivity index (χ2n) is 8.00. The Morgan fingerprint density at radius 2 is 1.43 bits per heavy atom. The van der Waals surface area contributed by atoms with Gasteiger partial charge in [0.15, 0.2) is 6.61 Å². The molecule has 2 aromatic rings. The molecule has 0 aliphatic carbocycles. The van der Waals surface area contributed by atoms with Crippen molar-refractivity contribution in [3.8, 4) is 0 Å². The molecule has 1 aliphatic heterocycles. The minimum atomic E-state index is -1.11. The van der Waals surface area contributed by atoms with E-state index < -0.39 is 30.4 Å². The standard InChI is InChI=1S/C24H25NO5/c1-13(2)21(25-22(27)17-8-6-7-9-18(17)23(25)28)24(29)30-12-20(26)19-11-15(4)14(3)10-16(19)5/h6-11,13,21H,12H2,1-5H3. The van der Waals surface area contributed by atoms with Crippen molar-refractivity contribution in [1.29, 1.82) is 0 Å². The van der Waals surface area contributed by atoms with Gasteiger partial charge in [-0.05, 0) is 61.6 Å². The molecule has 0 radical (unpaired) electrons. The zero-order chi connectivity index (χ0) is 22.2. The van der Waals surface area contributed by atoms with E-state index in [1.54, 1.807) is 44.2 Å². The molecule has 3 rings (SSSR count). The van der Waals surface area contributed by atoms with Crippen molar-refractivity contribution in [2.75, 3.05) is 6.61 Å². The van der Waals surface area contributed by atoms with Gasteiger partial charge in [-0.1, -0.05) is 32.0 Å². The molecule has 1 heterocycles. The fourth-order valence-corrected chi connectivity index (χ4v) is 3.70. The lowest BCUT2D eigenvalue weighted by Crippen LogP contribution is -2.49. The van der Waals surface area contributed by atoms with E-state index in [1.807, 2.05) is 26.8 Å². The molecular weight excluding hydrogens is 382 g/mol. The van der Waals surface area contributed by atoms with Crippen LogP contribution in [-0.2, 0) is 9.53 Å². The number of ketones is 1. The Labute approximate surface area is 175 Å². The van der Waals surface area contributed by atoms with Crippen molar-refractivity contribution in [1.82, 2.24) is 4.90 Å². The number of rotatable bonds is 6. The fraction of sp³-hybridized carbons (Fsp3) is 0.333. The van der Waals surface area contributed by atoms with E-state index in [-0.39, 0.29) is 22.8 Å². The molecule has 30 heavy (non-hydrogen) atoms. The highest BCUT2D eigenvalue weighted by Crippen LogP contribution is 2.27. The number of amides is 2. The molecule has 0 bridgehead atoms. The van der Waals surface area contributed by atoms with Gasteiger partial charge in [-0.3, -0.25) is 19.3 Å². The summed E-state index contributed by atoms with van der Waals surface area (Å²) in [4.78, 5) is 51.9. The third-order valence-corrected chi connectivity index (χ3v) is 5.46. The SMILES string of the molecule is Cc1cc(C)c(C(=O)COC(=O)C(C(C)C)N2C(=O)c3ccccc3C2=O)cc1C. The van der Waals surface area contributed by atoms with Gasteiger partial charge in [0.2, 0.25) is 5.78 Å². The van der Waals surface area contributed by atoms with Gasteiger partial charge >= 0.3 is 5.97 Å². The van der Waals surface area contributed by atoms with Crippen LogP contribution >= 0.6 is 0 Å². The normalized spacial score (nSPS) is 14.1. The van der Waals surface area contributed by atoms with E-state index in [9.17, 15) is 19.2 Å². The Morgan fingerprint density at radius 1 is 0.900 bits per heavy atom. The summed E-state index contributed by atoms with van der Waals surface area (Å²) in [6.45, 7) is 8.71. The van der Waals surface area contributed by atoms with Crippen LogP contribution in [0.15, 0.2) is 36.4 Å². The molecule has 2 aromatic carbocycles. The van der Waals surface area contributed by atoms with E-state index in [0.29, 0.717) is 5.56 Å². The number of imide groups is 1. The molecule has 1 atom stereocenters. The maximum Gasteiger partial charge on any atom is 0.330 e. The highest BCUT2D eigenvalue weighted by atomic mass is 16.5. The number of carbonyl (C=O) groups excluding carboxylic acids is 4. The number of benzene rings is 2. The van der Waals surface area contributed by atoms with Crippen LogP contribution in [0, 0.1) is 26.7 Å². The van der Waals surface area contributed by atoms with Crippen molar-refractivity contribution in [3.05, 3.63) is 69.8 Å². The molecular formula is C24H25NO5. The fourth-order valence-electron chi connectivity index (χ4n) is 3.70. The van der Waals surface area contributed by atoms with Crippen LogP contribution in [0.25, 0.3) is 0 Å². The van der Waals surface area contributed by atoms with E-state index in [1.165, 1.54) is 0 Å². The third kappa shape index (κ3) is 3.77. The molecule has 0 N–H and O–H groups in total. The Balaban J connectivity index is 1.78. The molecule has 156 valence electrons. The highest BCUT2D eigenvalue weighted by molar-refractivity contribution is 6.22. The maximum atomic E-state index is 12.8. The average Bonchev–Trinajstić information content (AvgIpc) is 2.94. The lowest BCUT2D eigenvalue weighted by Gasteiger charge is -2.27. The van der Waals surface area contributed by atoms with Gasteiger partial charge in [-0.25, -0.2) is 4.79 Å². The summed E-state index contributed by atoms with van der Waals surface area (Å²) in [6, 6.07) is 9.05. The second-order valence-corrected chi connectivity index (χ2v) is 8.00. The predicted octanol–water partition coefficient (Wildman–Crippen LogP) is 3.66. The van der Waals surface area contributed by atoms with Crippen LogP contribution in [-0.4, -0.2) is 41.1 Å². The quantitative estimate of drug-likeness (QED) is 0.415. The Bertz CT molecular complexity index is 1020. The van der Waals surface area contributed by atoms with E-state index >= 15 is 0 Å². The number of aryl methyl sites for hydroxylation is 3. The minimum absolute atomic E-state index is 0.266. The van der Waals surface area contributed by atoms with Gasteiger partial charge in [0.1, 0.15) is 6.04 Å². The lowest BCUT2D eigenvalue weighted by molar-refractivity contribution is -0.148. The number of Topliss-reactive ketones (excluding diaryl/α,β-unsaturated/α-hetero) is 1. The molecule has 0 spiro atoms. The topological polar surface area (TPSA) is 80.8 Å². The predicted molar refractivity (Wildman–Crippen MR) is 112 cm³/mol. The molecule has 0 aromatic heterocycles. The number of hydrogen-bond donors (Lipinski definition) is 0. The van der Waals surface area contributed by atoms with Crippen molar-refractivity contribution in [2.45, 2.75) is 40.7 Å². The van der Waals surface area contributed by atoms with E-state index in [4.69, 9.17) is 4.74 Å². The molecule has 0 saturated carbocycles. The molecule has 2 amide bonds. The minimum Gasteiger partial charge on any atom is -0.456 e. The molecule has 0 fully saturated rings. The van der Waals surface area contributed by atoms with Crippen molar-refractivity contribution in [2.24, 2.45) is 5.92 Å². The van der Waals surface area contributed by atoms with E-state index in [2.05, 4.69) is 0 Å². The zero-order valence-corrected chi connectivity index (χ0v) is 17.8. The lowest BCUT2D eigenvalue weighted by atomic mass is 9.98. The van der Waals surface area contributed by atoms with Crippen LogP contribution in [0.5, 0.6) is 0 Å². The van der Waals surface area contributed by atoms with Crippen LogP contribution < -0.4 is 0 Å². The number of fused-ring (bicyclic) bond motifs is 1. The first-order valence-electron chi connectivity index (χ1n) is 9.88. The summed E-state index contributed by atoms with van der Waals surface area (Å²) in [7, 11) is 0. The van der Waals surface area contributed by atoms with Crippen molar-refractivity contribution >= 4 is 23.6 Å². The van der Waals surface area contributed by atoms with Crippen LogP contribution in [0.1, 0.15) is 61.6 Å². The smallest absolute Gasteiger partial charge is 0.330 e. The molecule has 6 heteroatoms. The molecule has 1 unspecified atom stereocenters.